The van der Waals surface area contributed by atoms with E-state index in [4.69, 9.17) is 11.6 Å². The third-order valence-electron chi connectivity index (χ3n) is 2.56. The van der Waals surface area contributed by atoms with Crippen molar-refractivity contribution < 1.29 is 24.5 Å². The molecule has 0 saturated carbocycles. The number of carbonyl (C=O) groups is 2. The standard InChI is InChI=1S/C13H15ClO5S/c1-7(15)20-6-11(16)12(17)8-3-4-9(10(14)5-8)13(18)19-2/h3-5,11-12,16-17H,6H2,1-2H3. The van der Waals surface area contributed by atoms with Crippen molar-refractivity contribution in [2.45, 2.75) is 19.1 Å². The lowest BCUT2D eigenvalue weighted by molar-refractivity contribution is -0.109. The lowest BCUT2D eigenvalue weighted by Crippen LogP contribution is -2.21. The van der Waals surface area contributed by atoms with Gasteiger partial charge in [0.15, 0.2) is 5.12 Å². The first-order chi connectivity index (χ1) is 9.36. The highest BCUT2D eigenvalue weighted by molar-refractivity contribution is 8.13. The molecule has 1 aromatic carbocycles. The Balaban J connectivity index is 2.84. The van der Waals surface area contributed by atoms with Crippen molar-refractivity contribution in [3.63, 3.8) is 0 Å². The molecule has 0 bridgehead atoms. The fourth-order valence-electron chi connectivity index (χ4n) is 1.51. The van der Waals surface area contributed by atoms with Crippen molar-refractivity contribution in [3.8, 4) is 0 Å². The number of rotatable bonds is 5. The molecule has 110 valence electrons. The van der Waals surface area contributed by atoms with Crippen molar-refractivity contribution >= 4 is 34.4 Å². The van der Waals surface area contributed by atoms with Crippen LogP contribution in [0, 0.1) is 0 Å². The number of carbonyl (C=O) groups excluding carboxylic acids is 2. The molecule has 0 fully saturated rings. The molecule has 0 radical (unpaired) electrons. The molecule has 0 amide bonds. The topological polar surface area (TPSA) is 83.8 Å². The molecule has 1 rings (SSSR count). The van der Waals surface area contributed by atoms with Crippen LogP contribution in [0.3, 0.4) is 0 Å². The third kappa shape index (κ3) is 4.49. The van der Waals surface area contributed by atoms with E-state index in [0.29, 0.717) is 5.56 Å². The fraction of sp³-hybridized carbons (Fsp3) is 0.385. The van der Waals surface area contributed by atoms with E-state index in [1.165, 1.54) is 32.2 Å². The number of aliphatic hydroxyl groups is 2. The Morgan fingerprint density at radius 2 is 2.05 bits per heavy atom. The van der Waals surface area contributed by atoms with Crippen molar-refractivity contribution in [2.24, 2.45) is 0 Å². The molecular formula is C13H15ClO5S. The number of halogens is 1. The van der Waals surface area contributed by atoms with Crippen molar-refractivity contribution in [1.29, 1.82) is 0 Å². The summed E-state index contributed by atoms with van der Waals surface area (Å²) in [5.74, 6) is -0.504. The predicted octanol–water partition coefficient (Wildman–Crippen LogP) is 1.80. The quantitative estimate of drug-likeness (QED) is 0.805. The van der Waals surface area contributed by atoms with Gasteiger partial charge in [0.25, 0.3) is 0 Å². The van der Waals surface area contributed by atoms with Gasteiger partial charge in [-0.3, -0.25) is 4.79 Å². The Labute approximate surface area is 125 Å². The Bertz CT molecular complexity index is 506. The highest BCUT2D eigenvalue weighted by Gasteiger charge is 2.21. The Kier molecular flexibility index (Phi) is 6.48. The molecule has 5 nitrogen and oxygen atoms in total. The zero-order chi connectivity index (χ0) is 15.3. The number of hydrogen-bond donors (Lipinski definition) is 2. The molecule has 0 saturated heterocycles. The van der Waals surface area contributed by atoms with Gasteiger partial charge in [-0.1, -0.05) is 29.4 Å². The number of hydrogen-bond acceptors (Lipinski definition) is 6. The van der Waals surface area contributed by atoms with Gasteiger partial charge in [0.1, 0.15) is 6.10 Å². The maximum atomic E-state index is 11.4. The molecule has 0 aromatic heterocycles. The van der Waals surface area contributed by atoms with E-state index in [9.17, 15) is 19.8 Å². The van der Waals surface area contributed by atoms with E-state index in [0.717, 1.165) is 11.8 Å². The van der Waals surface area contributed by atoms with E-state index in [2.05, 4.69) is 4.74 Å². The second-order valence-corrected chi connectivity index (χ2v) is 5.65. The van der Waals surface area contributed by atoms with E-state index in [-0.39, 0.29) is 21.5 Å². The van der Waals surface area contributed by atoms with E-state index in [1.54, 1.807) is 0 Å². The molecule has 1 aromatic rings. The minimum Gasteiger partial charge on any atom is -0.465 e. The van der Waals surface area contributed by atoms with Crippen LogP contribution in [0.1, 0.15) is 28.9 Å². The van der Waals surface area contributed by atoms with Gasteiger partial charge in [-0.2, -0.15) is 0 Å². The van der Waals surface area contributed by atoms with Crippen molar-refractivity contribution in [1.82, 2.24) is 0 Å². The van der Waals surface area contributed by atoms with Gasteiger partial charge in [0, 0.05) is 12.7 Å². The van der Waals surface area contributed by atoms with Crippen LogP contribution in [0.5, 0.6) is 0 Å². The largest absolute Gasteiger partial charge is 0.465 e. The van der Waals surface area contributed by atoms with Crippen LogP contribution in [-0.4, -0.2) is 40.3 Å². The van der Waals surface area contributed by atoms with Crippen LogP contribution in [0.4, 0.5) is 0 Å². The van der Waals surface area contributed by atoms with Crippen LogP contribution in [0.2, 0.25) is 5.02 Å². The molecule has 7 heteroatoms. The summed E-state index contributed by atoms with van der Waals surface area (Å²) >= 11 is 6.85. The molecule has 0 aliphatic rings. The smallest absolute Gasteiger partial charge is 0.339 e. The molecule has 0 aliphatic carbocycles. The summed E-state index contributed by atoms with van der Waals surface area (Å²) in [5.41, 5.74) is 0.539. The van der Waals surface area contributed by atoms with Gasteiger partial charge in [-0.15, -0.1) is 0 Å². The lowest BCUT2D eigenvalue weighted by atomic mass is 10.0. The van der Waals surface area contributed by atoms with Crippen molar-refractivity contribution in [3.05, 3.63) is 34.3 Å². The minimum atomic E-state index is -1.19. The van der Waals surface area contributed by atoms with Crippen LogP contribution in [0.15, 0.2) is 18.2 Å². The average Bonchev–Trinajstić information content (AvgIpc) is 2.42. The summed E-state index contributed by atoms with van der Waals surface area (Å²) in [7, 11) is 1.24. The summed E-state index contributed by atoms with van der Waals surface area (Å²) in [6.45, 7) is 1.38. The Hall–Kier alpha value is -1.08. The second kappa shape index (κ2) is 7.64. The minimum absolute atomic E-state index is 0.0763. The first-order valence-electron chi connectivity index (χ1n) is 5.74. The summed E-state index contributed by atoms with van der Waals surface area (Å²) < 4.78 is 4.55. The maximum absolute atomic E-state index is 11.4. The van der Waals surface area contributed by atoms with E-state index < -0.39 is 18.2 Å². The number of methoxy groups -OCH3 is 1. The van der Waals surface area contributed by atoms with E-state index in [1.807, 2.05) is 0 Å². The third-order valence-corrected chi connectivity index (χ3v) is 3.79. The molecular weight excluding hydrogens is 304 g/mol. The number of benzene rings is 1. The van der Waals surface area contributed by atoms with E-state index >= 15 is 0 Å². The average molecular weight is 319 g/mol. The Morgan fingerprint density at radius 3 is 2.55 bits per heavy atom. The van der Waals surface area contributed by atoms with Gasteiger partial charge in [-0.05, 0) is 17.7 Å². The normalized spacial score (nSPS) is 13.7. The highest BCUT2D eigenvalue weighted by Crippen LogP contribution is 2.25. The first-order valence-corrected chi connectivity index (χ1v) is 7.10. The molecule has 20 heavy (non-hydrogen) atoms. The molecule has 2 atom stereocenters. The highest BCUT2D eigenvalue weighted by atomic mass is 35.5. The summed E-state index contributed by atoms with van der Waals surface area (Å²) in [6.07, 6.45) is -2.30. The lowest BCUT2D eigenvalue weighted by Gasteiger charge is -2.18. The molecule has 2 unspecified atom stereocenters. The number of aliphatic hydroxyl groups excluding tert-OH is 2. The van der Waals surface area contributed by atoms with Gasteiger partial charge < -0.3 is 14.9 Å². The zero-order valence-electron chi connectivity index (χ0n) is 11.0. The number of thioether (sulfide) groups is 1. The molecule has 2 N–H and O–H groups in total. The molecule has 0 heterocycles. The maximum Gasteiger partial charge on any atom is 0.339 e. The van der Waals surface area contributed by atoms with Crippen LogP contribution in [-0.2, 0) is 9.53 Å². The zero-order valence-corrected chi connectivity index (χ0v) is 12.6. The predicted molar refractivity (Wildman–Crippen MR) is 76.9 cm³/mol. The molecule has 0 aliphatic heterocycles. The monoisotopic (exact) mass is 318 g/mol. The first kappa shape index (κ1) is 17.0. The van der Waals surface area contributed by atoms with Crippen LogP contribution < -0.4 is 0 Å². The summed E-state index contributed by atoms with van der Waals surface area (Å²) in [4.78, 5) is 22.2. The van der Waals surface area contributed by atoms with Crippen LogP contribution in [0.25, 0.3) is 0 Å². The van der Waals surface area contributed by atoms with Gasteiger partial charge in [0.05, 0.1) is 23.8 Å². The SMILES string of the molecule is COC(=O)c1ccc(C(O)C(O)CSC(C)=O)cc1Cl. The number of esters is 1. The second-order valence-electron chi connectivity index (χ2n) is 4.05. The van der Waals surface area contributed by atoms with Gasteiger partial charge >= 0.3 is 5.97 Å². The molecule has 0 spiro atoms. The number of ether oxygens (including phenoxy) is 1. The summed E-state index contributed by atoms with van der Waals surface area (Å²) in [6, 6.07) is 4.28. The van der Waals surface area contributed by atoms with Gasteiger partial charge in [0.2, 0.25) is 0 Å². The fourth-order valence-corrected chi connectivity index (χ4v) is 2.36. The Morgan fingerprint density at radius 1 is 1.40 bits per heavy atom. The summed E-state index contributed by atoms with van der Waals surface area (Å²) in [5, 5.41) is 19.7. The van der Waals surface area contributed by atoms with Crippen molar-refractivity contribution in [2.75, 3.05) is 12.9 Å². The van der Waals surface area contributed by atoms with Gasteiger partial charge in [-0.25, -0.2) is 4.79 Å². The van der Waals surface area contributed by atoms with Crippen LogP contribution >= 0.6 is 23.4 Å².